The molecule has 4 aromatic rings. The van der Waals surface area contributed by atoms with Crippen molar-refractivity contribution in [2.24, 2.45) is 0 Å². The number of benzene rings is 2. The first kappa shape index (κ1) is 23.9. The van der Waals surface area contributed by atoms with E-state index in [9.17, 15) is 0 Å². The van der Waals surface area contributed by atoms with Gasteiger partial charge < -0.3 is 24.3 Å². The van der Waals surface area contributed by atoms with Gasteiger partial charge in [0.1, 0.15) is 11.5 Å². The summed E-state index contributed by atoms with van der Waals surface area (Å²) in [6.07, 6.45) is 1.82. The second-order valence-electron chi connectivity index (χ2n) is 9.04. The standard InChI is InChI=1S/C29H30N4O2S/c1-18-9-8-10-21(15-18)32-19(2)16-23(20(32)3)28-27(24-11-6-7-14-30-24)31-29(36)33(28)25-13-12-22(34-4)17-26(25)35-5/h6-17,27-28H,1-5H3,(H,31,36)/t27-,28+/m0/s1. The fraction of sp³-hybridized carbons (Fsp3) is 0.241. The maximum Gasteiger partial charge on any atom is 0.174 e. The first-order valence-corrected chi connectivity index (χ1v) is 12.3. The van der Waals surface area contributed by atoms with Gasteiger partial charge in [0.25, 0.3) is 0 Å². The van der Waals surface area contributed by atoms with Crippen LogP contribution in [0.25, 0.3) is 5.69 Å². The number of rotatable bonds is 6. The number of methoxy groups -OCH3 is 2. The van der Waals surface area contributed by atoms with Crippen LogP contribution in [0, 0.1) is 20.8 Å². The van der Waals surface area contributed by atoms with E-state index < -0.39 is 0 Å². The van der Waals surface area contributed by atoms with Gasteiger partial charge in [0.05, 0.1) is 37.7 Å². The van der Waals surface area contributed by atoms with E-state index in [2.05, 4.69) is 65.9 Å². The third-order valence-electron chi connectivity index (χ3n) is 6.79. The summed E-state index contributed by atoms with van der Waals surface area (Å²) in [5.74, 6) is 1.42. The van der Waals surface area contributed by atoms with Crippen molar-refractivity contribution in [3.63, 3.8) is 0 Å². The molecule has 6 nitrogen and oxygen atoms in total. The molecule has 0 saturated carbocycles. The number of hydrogen-bond donors (Lipinski definition) is 1. The van der Waals surface area contributed by atoms with Crippen molar-refractivity contribution in [1.29, 1.82) is 0 Å². The van der Waals surface area contributed by atoms with Gasteiger partial charge in [-0.3, -0.25) is 4.98 Å². The number of nitrogens with zero attached hydrogens (tertiary/aromatic N) is 3. The summed E-state index contributed by atoms with van der Waals surface area (Å²) in [5.41, 5.74) is 7.67. The van der Waals surface area contributed by atoms with Crippen LogP contribution in [0.3, 0.4) is 0 Å². The third-order valence-corrected chi connectivity index (χ3v) is 7.11. The fourth-order valence-corrected chi connectivity index (χ4v) is 5.50. The Labute approximate surface area is 217 Å². The molecule has 0 amide bonds. The summed E-state index contributed by atoms with van der Waals surface area (Å²) in [6.45, 7) is 6.44. The Kier molecular flexibility index (Phi) is 6.41. The molecule has 184 valence electrons. The van der Waals surface area contributed by atoms with Gasteiger partial charge in [0.15, 0.2) is 5.11 Å². The second-order valence-corrected chi connectivity index (χ2v) is 9.42. The summed E-state index contributed by atoms with van der Waals surface area (Å²) in [5, 5.41) is 4.18. The molecule has 0 spiro atoms. The molecule has 0 aliphatic carbocycles. The molecule has 2 aromatic heterocycles. The van der Waals surface area contributed by atoms with E-state index in [-0.39, 0.29) is 12.1 Å². The smallest absolute Gasteiger partial charge is 0.174 e. The van der Waals surface area contributed by atoms with E-state index in [0.29, 0.717) is 10.9 Å². The Balaban J connectivity index is 1.70. The Morgan fingerprint density at radius 3 is 2.44 bits per heavy atom. The van der Waals surface area contributed by atoms with E-state index in [1.54, 1.807) is 14.2 Å². The van der Waals surface area contributed by atoms with Crippen LogP contribution >= 0.6 is 12.2 Å². The number of aryl methyl sites for hydroxylation is 2. The minimum Gasteiger partial charge on any atom is -0.497 e. The summed E-state index contributed by atoms with van der Waals surface area (Å²) in [4.78, 5) is 6.84. The number of hydrogen-bond acceptors (Lipinski definition) is 4. The molecule has 1 aliphatic rings. The van der Waals surface area contributed by atoms with Crippen LogP contribution in [0.5, 0.6) is 11.5 Å². The van der Waals surface area contributed by atoms with E-state index in [1.807, 2.05) is 42.6 Å². The molecule has 36 heavy (non-hydrogen) atoms. The SMILES string of the molecule is COc1ccc(N2C(=S)N[C@@H](c3ccccn3)[C@H]2c2cc(C)n(-c3cccc(C)c3)c2C)c(OC)c1. The summed E-state index contributed by atoms with van der Waals surface area (Å²) in [7, 11) is 3.32. The van der Waals surface area contributed by atoms with Crippen molar-refractivity contribution in [3.8, 4) is 17.2 Å². The van der Waals surface area contributed by atoms with Gasteiger partial charge in [0, 0.05) is 29.3 Å². The lowest BCUT2D eigenvalue weighted by Gasteiger charge is -2.29. The lowest BCUT2D eigenvalue weighted by atomic mass is 9.96. The van der Waals surface area contributed by atoms with Gasteiger partial charge in [-0.15, -0.1) is 0 Å². The highest BCUT2D eigenvalue weighted by molar-refractivity contribution is 7.80. The average molecular weight is 499 g/mol. The minimum atomic E-state index is -0.142. The molecule has 7 heteroatoms. The summed E-state index contributed by atoms with van der Waals surface area (Å²) in [6, 6.07) is 22.4. The Morgan fingerprint density at radius 1 is 0.917 bits per heavy atom. The maximum absolute atomic E-state index is 5.93. The molecule has 1 N–H and O–H groups in total. The van der Waals surface area contributed by atoms with E-state index in [4.69, 9.17) is 26.7 Å². The van der Waals surface area contributed by atoms with Crippen LogP contribution in [0.2, 0.25) is 0 Å². The molecule has 5 rings (SSSR count). The maximum atomic E-state index is 5.93. The number of ether oxygens (including phenoxy) is 2. The summed E-state index contributed by atoms with van der Waals surface area (Å²) >= 11 is 5.93. The molecular formula is C29H30N4O2S. The van der Waals surface area contributed by atoms with Crippen molar-refractivity contribution in [2.75, 3.05) is 19.1 Å². The molecule has 0 radical (unpaired) electrons. The number of pyridine rings is 1. The number of aromatic nitrogens is 2. The molecule has 2 atom stereocenters. The van der Waals surface area contributed by atoms with Crippen molar-refractivity contribution >= 4 is 23.0 Å². The topological polar surface area (TPSA) is 51.5 Å². The first-order chi connectivity index (χ1) is 17.4. The number of nitrogens with one attached hydrogen (secondary N) is 1. The van der Waals surface area contributed by atoms with Gasteiger partial charge in [-0.2, -0.15) is 0 Å². The minimum absolute atomic E-state index is 0.139. The van der Waals surface area contributed by atoms with Crippen LogP contribution in [0.15, 0.2) is 72.9 Å². The lowest BCUT2D eigenvalue weighted by molar-refractivity contribution is 0.394. The van der Waals surface area contributed by atoms with Crippen molar-refractivity contribution in [3.05, 3.63) is 101 Å². The van der Waals surface area contributed by atoms with Gasteiger partial charge in [-0.1, -0.05) is 18.2 Å². The van der Waals surface area contributed by atoms with Gasteiger partial charge in [-0.05, 0) is 86.6 Å². The average Bonchev–Trinajstić information content (AvgIpc) is 3.38. The van der Waals surface area contributed by atoms with Crippen molar-refractivity contribution in [2.45, 2.75) is 32.9 Å². The van der Waals surface area contributed by atoms with Crippen LogP contribution < -0.4 is 19.7 Å². The van der Waals surface area contributed by atoms with Crippen molar-refractivity contribution in [1.82, 2.24) is 14.9 Å². The van der Waals surface area contributed by atoms with Gasteiger partial charge in [-0.25, -0.2) is 0 Å². The molecular weight excluding hydrogens is 468 g/mol. The van der Waals surface area contributed by atoms with Crippen LogP contribution in [-0.4, -0.2) is 28.9 Å². The predicted molar refractivity (Wildman–Crippen MR) is 147 cm³/mol. The Bertz CT molecular complexity index is 1420. The normalized spacial score (nSPS) is 17.2. The highest BCUT2D eigenvalue weighted by Crippen LogP contribution is 2.46. The van der Waals surface area contributed by atoms with E-state index >= 15 is 0 Å². The zero-order valence-corrected chi connectivity index (χ0v) is 22.0. The molecule has 2 aromatic carbocycles. The van der Waals surface area contributed by atoms with Crippen LogP contribution in [0.1, 0.15) is 40.3 Å². The van der Waals surface area contributed by atoms with Gasteiger partial charge in [0.2, 0.25) is 0 Å². The van der Waals surface area contributed by atoms with Crippen LogP contribution in [0.4, 0.5) is 5.69 Å². The molecule has 0 unspecified atom stereocenters. The molecule has 3 heterocycles. The molecule has 0 bridgehead atoms. The molecule has 1 saturated heterocycles. The van der Waals surface area contributed by atoms with Crippen molar-refractivity contribution < 1.29 is 9.47 Å². The lowest BCUT2D eigenvalue weighted by Crippen LogP contribution is -2.30. The highest BCUT2D eigenvalue weighted by Gasteiger charge is 2.43. The van der Waals surface area contributed by atoms with Crippen LogP contribution in [-0.2, 0) is 0 Å². The summed E-state index contributed by atoms with van der Waals surface area (Å²) < 4.78 is 13.5. The fourth-order valence-electron chi connectivity index (χ4n) is 5.17. The highest BCUT2D eigenvalue weighted by atomic mass is 32.1. The van der Waals surface area contributed by atoms with E-state index in [0.717, 1.165) is 34.2 Å². The second kappa shape index (κ2) is 9.66. The zero-order chi connectivity index (χ0) is 25.4. The zero-order valence-electron chi connectivity index (χ0n) is 21.1. The number of thiocarbonyl (C=S) groups is 1. The Morgan fingerprint density at radius 2 is 1.75 bits per heavy atom. The quantitative estimate of drug-likeness (QED) is 0.330. The monoisotopic (exact) mass is 498 g/mol. The molecule has 1 fully saturated rings. The third kappa shape index (κ3) is 4.09. The van der Waals surface area contributed by atoms with Gasteiger partial charge >= 0.3 is 0 Å². The first-order valence-electron chi connectivity index (χ1n) is 11.9. The Hall–Kier alpha value is -3.84. The largest absolute Gasteiger partial charge is 0.497 e. The number of anilines is 1. The van der Waals surface area contributed by atoms with E-state index in [1.165, 1.54) is 11.1 Å². The molecule has 1 aliphatic heterocycles. The predicted octanol–water partition coefficient (Wildman–Crippen LogP) is 5.99.